The Hall–Kier alpha value is -1.87. The zero-order valence-corrected chi connectivity index (χ0v) is 10.7. The lowest BCUT2D eigenvalue weighted by molar-refractivity contribution is 0.318. The van der Waals surface area contributed by atoms with Gasteiger partial charge in [-0.15, -0.1) is 0 Å². The highest BCUT2D eigenvalue weighted by atomic mass is 35.5. The summed E-state index contributed by atoms with van der Waals surface area (Å²) in [4.78, 5) is 4.18. The van der Waals surface area contributed by atoms with E-state index in [1.54, 1.807) is 6.07 Å². The highest BCUT2D eigenvalue weighted by molar-refractivity contribution is 6.29. The van der Waals surface area contributed by atoms with Crippen LogP contribution in [0, 0.1) is 6.92 Å². The Balaban J connectivity index is 2.26. The Morgan fingerprint density at radius 3 is 2.72 bits per heavy atom. The molecular weight excluding hydrogens is 248 g/mol. The number of oxime groups is 1. The van der Waals surface area contributed by atoms with Gasteiger partial charge in [-0.25, -0.2) is 4.98 Å². The van der Waals surface area contributed by atoms with E-state index < -0.39 is 0 Å². The van der Waals surface area contributed by atoms with Gasteiger partial charge >= 0.3 is 0 Å². The molecule has 2 rings (SSSR count). The number of pyridine rings is 1. The Bertz CT molecular complexity index is 582. The average molecular weight is 261 g/mol. The third-order valence-electron chi connectivity index (χ3n) is 2.59. The van der Waals surface area contributed by atoms with Crippen molar-refractivity contribution in [2.75, 3.05) is 0 Å². The van der Waals surface area contributed by atoms with Gasteiger partial charge in [-0.3, -0.25) is 0 Å². The standard InChI is InChI=1S/C14H13ClN2O/c1-10-4-2-5-11(8-10)13(17-18)9-12-6-3-7-14(15)16-12/h2-8,18H,9H2,1H3. The predicted octanol–water partition coefficient (Wildman–Crippen LogP) is 3.46. The molecule has 1 aromatic carbocycles. The van der Waals surface area contributed by atoms with E-state index in [0.717, 1.165) is 16.8 Å². The summed E-state index contributed by atoms with van der Waals surface area (Å²) in [7, 11) is 0. The molecule has 0 atom stereocenters. The quantitative estimate of drug-likeness (QED) is 0.398. The van der Waals surface area contributed by atoms with Crippen LogP contribution in [0.15, 0.2) is 47.6 Å². The number of hydrogen-bond donors (Lipinski definition) is 1. The van der Waals surface area contributed by atoms with Gasteiger partial charge in [0.05, 0.1) is 5.71 Å². The van der Waals surface area contributed by atoms with E-state index in [1.807, 2.05) is 43.3 Å². The van der Waals surface area contributed by atoms with Gasteiger partial charge in [0.1, 0.15) is 5.15 Å². The first-order chi connectivity index (χ1) is 8.69. The minimum atomic E-state index is 0.439. The molecule has 0 amide bonds. The van der Waals surface area contributed by atoms with Crippen LogP contribution in [0.25, 0.3) is 0 Å². The maximum atomic E-state index is 9.13. The van der Waals surface area contributed by atoms with Gasteiger partial charge in [-0.1, -0.05) is 52.7 Å². The van der Waals surface area contributed by atoms with E-state index in [1.165, 1.54) is 0 Å². The second-order valence-corrected chi connectivity index (χ2v) is 4.43. The van der Waals surface area contributed by atoms with Gasteiger partial charge in [0.25, 0.3) is 0 Å². The second kappa shape index (κ2) is 5.65. The van der Waals surface area contributed by atoms with Crippen LogP contribution in [0.4, 0.5) is 0 Å². The number of aromatic nitrogens is 1. The number of rotatable bonds is 3. The molecule has 0 radical (unpaired) electrons. The van der Waals surface area contributed by atoms with Crippen molar-refractivity contribution in [3.63, 3.8) is 0 Å². The Kier molecular flexibility index (Phi) is 3.95. The summed E-state index contributed by atoms with van der Waals surface area (Å²) in [6.07, 6.45) is 0.445. The molecule has 18 heavy (non-hydrogen) atoms. The molecule has 0 bridgehead atoms. The molecule has 0 saturated carbocycles. The monoisotopic (exact) mass is 260 g/mol. The van der Waals surface area contributed by atoms with E-state index in [0.29, 0.717) is 17.3 Å². The Labute approximate surface area is 111 Å². The summed E-state index contributed by atoms with van der Waals surface area (Å²) < 4.78 is 0. The SMILES string of the molecule is Cc1cccc(C(Cc2cccc(Cl)n2)=NO)c1. The molecule has 1 N–H and O–H groups in total. The van der Waals surface area contributed by atoms with Gasteiger partial charge in [0.15, 0.2) is 0 Å². The highest BCUT2D eigenvalue weighted by Gasteiger charge is 2.07. The van der Waals surface area contributed by atoms with Crippen LogP contribution in [0.2, 0.25) is 5.15 Å². The van der Waals surface area contributed by atoms with Crippen molar-refractivity contribution >= 4 is 17.3 Å². The molecule has 2 aromatic rings. The minimum absolute atomic E-state index is 0.439. The first-order valence-electron chi connectivity index (χ1n) is 5.58. The van der Waals surface area contributed by atoms with Crippen LogP contribution in [0.1, 0.15) is 16.8 Å². The van der Waals surface area contributed by atoms with Crippen LogP contribution < -0.4 is 0 Å². The summed E-state index contributed by atoms with van der Waals surface area (Å²) in [6.45, 7) is 2.00. The molecule has 0 aliphatic heterocycles. The number of nitrogens with zero attached hydrogens (tertiary/aromatic N) is 2. The average Bonchev–Trinajstić information content (AvgIpc) is 2.36. The van der Waals surface area contributed by atoms with E-state index >= 15 is 0 Å². The number of aryl methyl sites for hydroxylation is 1. The molecule has 0 unspecified atom stereocenters. The van der Waals surface area contributed by atoms with E-state index in [-0.39, 0.29) is 0 Å². The lowest BCUT2D eigenvalue weighted by Gasteiger charge is -2.05. The van der Waals surface area contributed by atoms with Gasteiger partial charge in [0, 0.05) is 12.1 Å². The number of halogens is 1. The van der Waals surface area contributed by atoms with Crippen molar-refractivity contribution in [3.05, 3.63) is 64.4 Å². The summed E-state index contributed by atoms with van der Waals surface area (Å²) >= 11 is 5.83. The molecule has 1 heterocycles. The van der Waals surface area contributed by atoms with Crippen molar-refractivity contribution in [3.8, 4) is 0 Å². The lowest BCUT2D eigenvalue weighted by atomic mass is 10.0. The Morgan fingerprint density at radius 2 is 2.06 bits per heavy atom. The summed E-state index contributed by atoms with van der Waals surface area (Å²) in [5.41, 5.74) is 3.36. The predicted molar refractivity (Wildman–Crippen MR) is 72.5 cm³/mol. The largest absolute Gasteiger partial charge is 0.411 e. The van der Waals surface area contributed by atoms with Gasteiger partial charge in [-0.05, 0) is 24.6 Å². The van der Waals surface area contributed by atoms with Crippen LogP contribution in [-0.4, -0.2) is 15.9 Å². The Morgan fingerprint density at radius 1 is 1.28 bits per heavy atom. The van der Waals surface area contributed by atoms with Crippen LogP contribution in [0.3, 0.4) is 0 Å². The van der Waals surface area contributed by atoms with Gasteiger partial charge in [-0.2, -0.15) is 0 Å². The molecule has 3 nitrogen and oxygen atoms in total. The third-order valence-corrected chi connectivity index (χ3v) is 2.80. The van der Waals surface area contributed by atoms with E-state index in [9.17, 15) is 0 Å². The fourth-order valence-electron chi connectivity index (χ4n) is 1.74. The zero-order chi connectivity index (χ0) is 13.0. The van der Waals surface area contributed by atoms with Crippen molar-refractivity contribution < 1.29 is 5.21 Å². The molecule has 4 heteroatoms. The number of hydrogen-bond acceptors (Lipinski definition) is 3. The van der Waals surface area contributed by atoms with Gasteiger partial charge < -0.3 is 5.21 Å². The topological polar surface area (TPSA) is 45.5 Å². The summed E-state index contributed by atoms with van der Waals surface area (Å²) in [5.74, 6) is 0. The fraction of sp³-hybridized carbons (Fsp3) is 0.143. The first kappa shape index (κ1) is 12.6. The molecule has 0 fully saturated rings. The second-order valence-electron chi connectivity index (χ2n) is 4.04. The first-order valence-corrected chi connectivity index (χ1v) is 5.96. The molecule has 1 aromatic heterocycles. The maximum Gasteiger partial charge on any atom is 0.129 e. The molecular formula is C14H13ClN2O. The highest BCUT2D eigenvalue weighted by Crippen LogP contribution is 2.11. The van der Waals surface area contributed by atoms with Crippen molar-refractivity contribution in [2.45, 2.75) is 13.3 Å². The van der Waals surface area contributed by atoms with Crippen LogP contribution >= 0.6 is 11.6 Å². The normalized spacial score (nSPS) is 11.6. The molecule has 0 spiro atoms. The summed E-state index contributed by atoms with van der Waals surface area (Å²) in [5, 5.41) is 12.9. The molecule has 0 aliphatic carbocycles. The van der Waals surface area contributed by atoms with E-state index in [2.05, 4.69) is 10.1 Å². The molecule has 0 aliphatic rings. The third kappa shape index (κ3) is 3.08. The smallest absolute Gasteiger partial charge is 0.129 e. The summed E-state index contributed by atoms with van der Waals surface area (Å²) in [6, 6.07) is 13.2. The number of benzene rings is 1. The van der Waals surface area contributed by atoms with Crippen molar-refractivity contribution in [1.82, 2.24) is 4.98 Å². The van der Waals surface area contributed by atoms with Crippen LogP contribution in [-0.2, 0) is 6.42 Å². The maximum absolute atomic E-state index is 9.13. The van der Waals surface area contributed by atoms with Crippen LogP contribution in [0.5, 0.6) is 0 Å². The fourth-order valence-corrected chi connectivity index (χ4v) is 1.92. The molecule has 92 valence electrons. The minimum Gasteiger partial charge on any atom is -0.411 e. The van der Waals surface area contributed by atoms with Gasteiger partial charge in [0.2, 0.25) is 0 Å². The van der Waals surface area contributed by atoms with Crippen molar-refractivity contribution in [1.29, 1.82) is 0 Å². The molecule has 0 saturated heterocycles. The zero-order valence-electron chi connectivity index (χ0n) is 9.97. The van der Waals surface area contributed by atoms with E-state index in [4.69, 9.17) is 16.8 Å². The van der Waals surface area contributed by atoms with Crippen molar-refractivity contribution in [2.24, 2.45) is 5.16 Å². The lowest BCUT2D eigenvalue weighted by Crippen LogP contribution is -2.07.